The molecule has 0 bridgehead atoms. The lowest BCUT2D eigenvalue weighted by molar-refractivity contribution is -0.131. The van der Waals surface area contributed by atoms with Crippen molar-refractivity contribution in [3.8, 4) is 5.69 Å². The molecule has 3 aromatic rings. The molecule has 0 aliphatic rings. The Morgan fingerprint density at radius 1 is 1.07 bits per heavy atom. The Bertz CT molecular complexity index is 970. The van der Waals surface area contributed by atoms with Crippen molar-refractivity contribution in [2.45, 2.75) is 58.7 Å². The van der Waals surface area contributed by atoms with E-state index < -0.39 is 0 Å². The molecule has 28 heavy (non-hydrogen) atoms. The number of fused-ring (bicyclic) bond motifs is 1. The van der Waals surface area contributed by atoms with E-state index in [4.69, 9.17) is 0 Å². The number of aromatic nitrogens is 4. The van der Waals surface area contributed by atoms with E-state index in [0.717, 1.165) is 27.3 Å². The number of aryl methyl sites for hydroxylation is 2. The lowest BCUT2D eigenvalue weighted by atomic mass is 10.2. The second-order valence-electron chi connectivity index (χ2n) is 7.52. The molecule has 3 rings (SSSR count). The molecule has 0 saturated heterocycles. The van der Waals surface area contributed by atoms with Crippen molar-refractivity contribution in [2.24, 2.45) is 0 Å². The van der Waals surface area contributed by atoms with Crippen molar-refractivity contribution < 1.29 is 4.79 Å². The van der Waals surface area contributed by atoms with Gasteiger partial charge in [0.1, 0.15) is 10.5 Å². The van der Waals surface area contributed by atoms with Gasteiger partial charge in [-0.1, -0.05) is 29.5 Å². The summed E-state index contributed by atoms with van der Waals surface area (Å²) in [7, 11) is 0. The maximum atomic E-state index is 12.8. The molecule has 7 heteroatoms. The van der Waals surface area contributed by atoms with Crippen LogP contribution in [0.4, 0.5) is 0 Å². The van der Waals surface area contributed by atoms with Crippen LogP contribution in [0.15, 0.2) is 35.5 Å². The Hall–Kier alpha value is -2.41. The first-order valence-electron chi connectivity index (χ1n) is 9.51. The molecule has 2 heterocycles. The summed E-state index contributed by atoms with van der Waals surface area (Å²) < 4.78 is 1.88. The van der Waals surface area contributed by atoms with Gasteiger partial charge in [0, 0.05) is 17.5 Å². The fourth-order valence-electron chi connectivity index (χ4n) is 3.40. The lowest BCUT2D eigenvalue weighted by Crippen LogP contribution is -2.43. The Morgan fingerprint density at radius 3 is 2.32 bits per heavy atom. The zero-order valence-corrected chi connectivity index (χ0v) is 18.1. The number of hydrogen-bond acceptors (Lipinski definition) is 5. The van der Waals surface area contributed by atoms with Crippen LogP contribution >= 0.6 is 11.8 Å². The van der Waals surface area contributed by atoms with Gasteiger partial charge in [0.05, 0.1) is 23.3 Å². The average Bonchev–Trinajstić information content (AvgIpc) is 3.07. The summed E-state index contributed by atoms with van der Waals surface area (Å²) in [6.07, 6.45) is 1.82. The number of amides is 1. The van der Waals surface area contributed by atoms with Gasteiger partial charge in [0.15, 0.2) is 0 Å². The van der Waals surface area contributed by atoms with Crippen LogP contribution in [0.5, 0.6) is 0 Å². The van der Waals surface area contributed by atoms with Crippen molar-refractivity contribution in [3.63, 3.8) is 0 Å². The van der Waals surface area contributed by atoms with Crippen LogP contribution < -0.4 is 0 Å². The predicted molar refractivity (Wildman–Crippen MR) is 114 cm³/mol. The zero-order valence-electron chi connectivity index (χ0n) is 17.3. The van der Waals surface area contributed by atoms with Crippen LogP contribution in [0.25, 0.3) is 16.6 Å². The number of carbonyl (C=O) groups excluding carboxylic acids is 1. The molecular formula is C21H27N5OS. The summed E-state index contributed by atoms with van der Waals surface area (Å²) in [5, 5.41) is 14.9. The van der Waals surface area contributed by atoms with Gasteiger partial charge < -0.3 is 4.90 Å². The van der Waals surface area contributed by atoms with Gasteiger partial charge >= 0.3 is 0 Å². The van der Waals surface area contributed by atoms with Crippen LogP contribution in [0.3, 0.4) is 0 Å². The molecule has 0 spiro atoms. The number of thioether (sulfide) groups is 1. The van der Waals surface area contributed by atoms with Gasteiger partial charge in [-0.25, -0.2) is 4.68 Å². The van der Waals surface area contributed by atoms with E-state index in [1.807, 2.05) is 62.5 Å². The molecule has 0 radical (unpaired) electrons. The van der Waals surface area contributed by atoms with Gasteiger partial charge in [-0.3, -0.25) is 4.79 Å². The highest BCUT2D eigenvalue weighted by atomic mass is 32.2. The average molecular weight is 398 g/mol. The molecule has 1 aromatic carbocycles. The quantitative estimate of drug-likeness (QED) is 0.584. The second-order valence-corrected chi connectivity index (χ2v) is 8.49. The van der Waals surface area contributed by atoms with E-state index in [-0.39, 0.29) is 18.0 Å². The fourth-order valence-corrected chi connectivity index (χ4v) is 4.24. The van der Waals surface area contributed by atoms with E-state index in [1.165, 1.54) is 17.3 Å². The van der Waals surface area contributed by atoms with E-state index >= 15 is 0 Å². The van der Waals surface area contributed by atoms with Crippen LogP contribution in [0.1, 0.15) is 39.0 Å². The molecule has 0 aliphatic carbocycles. The number of carbonyl (C=O) groups is 1. The lowest BCUT2D eigenvalue weighted by Gasteiger charge is -2.30. The Balaban J connectivity index is 1.95. The highest BCUT2D eigenvalue weighted by Gasteiger charge is 2.22. The summed E-state index contributed by atoms with van der Waals surface area (Å²) in [6.45, 7) is 12.1. The number of nitrogens with zero attached hydrogens (tertiary/aromatic N) is 5. The third-order valence-electron chi connectivity index (χ3n) is 4.66. The SMILES string of the molecule is Cc1ccc(-n2ncc3c(C)nnc(SCC(=O)N(C(C)C)C(C)C)c32)cc1. The van der Waals surface area contributed by atoms with Gasteiger partial charge in [-0.2, -0.15) is 10.2 Å². The van der Waals surface area contributed by atoms with Crippen LogP contribution in [-0.2, 0) is 4.79 Å². The minimum atomic E-state index is 0.104. The molecule has 0 N–H and O–H groups in total. The van der Waals surface area contributed by atoms with Crippen molar-refractivity contribution in [1.82, 2.24) is 24.9 Å². The topological polar surface area (TPSA) is 63.9 Å². The number of hydrogen-bond donors (Lipinski definition) is 0. The summed E-state index contributed by atoms with van der Waals surface area (Å²) in [5.41, 5.74) is 3.89. The van der Waals surface area contributed by atoms with Gasteiger partial charge in [0.25, 0.3) is 0 Å². The van der Waals surface area contributed by atoms with Crippen molar-refractivity contribution in [1.29, 1.82) is 0 Å². The highest BCUT2D eigenvalue weighted by molar-refractivity contribution is 8.00. The summed E-state index contributed by atoms with van der Waals surface area (Å²) >= 11 is 1.42. The van der Waals surface area contributed by atoms with Crippen LogP contribution in [-0.4, -0.2) is 48.6 Å². The largest absolute Gasteiger partial charge is 0.337 e. The number of benzene rings is 1. The molecular weight excluding hydrogens is 370 g/mol. The normalized spacial score (nSPS) is 11.6. The second kappa shape index (κ2) is 8.31. The first kappa shape index (κ1) is 20.3. The maximum absolute atomic E-state index is 12.8. The molecule has 2 aromatic heterocycles. The highest BCUT2D eigenvalue weighted by Crippen LogP contribution is 2.29. The molecule has 0 saturated carbocycles. The van der Waals surface area contributed by atoms with Gasteiger partial charge in [-0.15, -0.1) is 5.10 Å². The predicted octanol–water partition coefficient (Wildman–Crippen LogP) is 4.17. The molecule has 148 valence electrons. The summed E-state index contributed by atoms with van der Waals surface area (Å²) in [6, 6.07) is 8.52. The fraction of sp³-hybridized carbons (Fsp3) is 0.429. The third-order valence-corrected chi connectivity index (χ3v) is 5.60. The van der Waals surface area contributed by atoms with E-state index in [9.17, 15) is 4.79 Å². The zero-order chi connectivity index (χ0) is 20.4. The van der Waals surface area contributed by atoms with E-state index in [2.05, 4.69) is 34.4 Å². The summed E-state index contributed by atoms with van der Waals surface area (Å²) in [5.74, 6) is 0.425. The van der Waals surface area contributed by atoms with E-state index in [0.29, 0.717) is 5.75 Å². The van der Waals surface area contributed by atoms with Crippen molar-refractivity contribution >= 4 is 28.6 Å². The van der Waals surface area contributed by atoms with Crippen molar-refractivity contribution in [3.05, 3.63) is 41.7 Å². The first-order chi connectivity index (χ1) is 13.3. The van der Waals surface area contributed by atoms with Crippen LogP contribution in [0, 0.1) is 13.8 Å². The molecule has 0 aliphatic heterocycles. The summed E-state index contributed by atoms with van der Waals surface area (Å²) in [4.78, 5) is 14.7. The molecule has 6 nitrogen and oxygen atoms in total. The molecule has 0 unspecified atom stereocenters. The smallest absolute Gasteiger partial charge is 0.233 e. The molecule has 1 amide bonds. The maximum Gasteiger partial charge on any atom is 0.233 e. The monoisotopic (exact) mass is 397 g/mol. The van der Waals surface area contributed by atoms with Gasteiger partial charge in [-0.05, 0) is 53.7 Å². The van der Waals surface area contributed by atoms with Crippen molar-refractivity contribution in [2.75, 3.05) is 5.75 Å². The van der Waals surface area contributed by atoms with E-state index in [1.54, 1.807) is 0 Å². The first-order valence-corrected chi connectivity index (χ1v) is 10.5. The minimum absolute atomic E-state index is 0.104. The number of rotatable bonds is 6. The van der Waals surface area contributed by atoms with Crippen LogP contribution in [0.2, 0.25) is 0 Å². The standard InChI is InChI=1S/C21H27N5OS/c1-13(2)25(14(3)4)19(27)12-28-21-20-18(16(6)23-24-21)11-22-26(20)17-9-7-15(5)8-10-17/h7-11,13-14H,12H2,1-6H3. The Kier molecular flexibility index (Phi) is 6.03. The Morgan fingerprint density at radius 2 is 1.71 bits per heavy atom. The molecule has 0 fully saturated rings. The minimum Gasteiger partial charge on any atom is -0.337 e. The molecule has 0 atom stereocenters. The van der Waals surface area contributed by atoms with Gasteiger partial charge in [0.2, 0.25) is 5.91 Å². The Labute approximate surface area is 170 Å². The third kappa shape index (κ3) is 4.04.